The van der Waals surface area contributed by atoms with E-state index in [1.807, 2.05) is 18.2 Å². The monoisotopic (exact) mass is 206 g/mol. The fourth-order valence-electron chi connectivity index (χ4n) is 2.08. The second kappa shape index (κ2) is 4.06. The van der Waals surface area contributed by atoms with Crippen molar-refractivity contribution >= 4 is 11.6 Å². The third-order valence-corrected chi connectivity index (χ3v) is 2.88. The topological polar surface area (TPSA) is 45.4 Å². The molecule has 1 aliphatic heterocycles. The molecular formula is C11H18N4. The zero-order chi connectivity index (χ0) is 10.8. The molecule has 2 heterocycles. The van der Waals surface area contributed by atoms with Crippen molar-refractivity contribution in [3.63, 3.8) is 0 Å². The number of hydrogen-bond donors (Lipinski definition) is 1. The van der Waals surface area contributed by atoms with Gasteiger partial charge in [-0.3, -0.25) is 0 Å². The summed E-state index contributed by atoms with van der Waals surface area (Å²) in [5, 5.41) is 0. The first-order valence-corrected chi connectivity index (χ1v) is 5.34. The number of nitrogens with two attached hydrogens (primary N) is 1. The molecule has 2 N–H and O–H groups in total. The van der Waals surface area contributed by atoms with E-state index in [1.54, 1.807) is 0 Å². The van der Waals surface area contributed by atoms with Crippen LogP contribution < -0.4 is 10.6 Å². The van der Waals surface area contributed by atoms with Crippen LogP contribution in [-0.4, -0.2) is 42.6 Å². The minimum Gasteiger partial charge on any atom is -0.384 e. The Morgan fingerprint density at radius 3 is 2.87 bits per heavy atom. The fraction of sp³-hybridized carbons (Fsp3) is 0.545. The van der Waals surface area contributed by atoms with Gasteiger partial charge in [0, 0.05) is 25.7 Å². The lowest BCUT2D eigenvalue weighted by molar-refractivity contribution is 0.274. The first kappa shape index (κ1) is 10.2. The van der Waals surface area contributed by atoms with Crippen LogP contribution in [0.4, 0.5) is 11.6 Å². The van der Waals surface area contributed by atoms with Crippen molar-refractivity contribution in [3.05, 3.63) is 18.2 Å². The van der Waals surface area contributed by atoms with Gasteiger partial charge < -0.3 is 15.5 Å². The SMILES string of the molecule is CC1CN(C)CCN1c1cccc(N)n1. The van der Waals surface area contributed by atoms with E-state index in [4.69, 9.17) is 5.73 Å². The van der Waals surface area contributed by atoms with E-state index in [9.17, 15) is 0 Å². The van der Waals surface area contributed by atoms with Gasteiger partial charge in [0.15, 0.2) is 0 Å². The molecule has 1 aliphatic rings. The Hall–Kier alpha value is -1.29. The summed E-state index contributed by atoms with van der Waals surface area (Å²) >= 11 is 0. The Labute approximate surface area is 90.7 Å². The van der Waals surface area contributed by atoms with Gasteiger partial charge in [-0.2, -0.15) is 0 Å². The lowest BCUT2D eigenvalue weighted by Crippen LogP contribution is -2.50. The number of nitrogen functional groups attached to an aromatic ring is 1. The Balaban J connectivity index is 2.17. The molecule has 1 unspecified atom stereocenters. The fourth-order valence-corrected chi connectivity index (χ4v) is 2.08. The molecule has 0 aromatic carbocycles. The second-order valence-corrected chi connectivity index (χ2v) is 4.23. The number of anilines is 2. The van der Waals surface area contributed by atoms with Gasteiger partial charge in [0.2, 0.25) is 0 Å². The normalized spacial score (nSPS) is 23.1. The lowest BCUT2D eigenvalue weighted by atomic mass is 10.2. The summed E-state index contributed by atoms with van der Waals surface area (Å²) in [5.74, 6) is 1.59. The van der Waals surface area contributed by atoms with Crippen LogP contribution >= 0.6 is 0 Å². The first-order chi connectivity index (χ1) is 7.16. The number of hydrogen-bond acceptors (Lipinski definition) is 4. The summed E-state index contributed by atoms with van der Waals surface area (Å²) in [6.45, 7) is 5.41. The maximum Gasteiger partial charge on any atom is 0.131 e. The summed E-state index contributed by atoms with van der Waals surface area (Å²) in [7, 11) is 2.15. The Bertz CT molecular complexity index is 339. The molecule has 1 aromatic rings. The van der Waals surface area contributed by atoms with Crippen molar-refractivity contribution in [1.82, 2.24) is 9.88 Å². The van der Waals surface area contributed by atoms with Crippen molar-refractivity contribution < 1.29 is 0 Å². The Morgan fingerprint density at radius 1 is 1.40 bits per heavy atom. The van der Waals surface area contributed by atoms with Gasteiger partial charge in [-0.1, -0.05) is 6.07 Å². The second-order valence-electron chi connectivity index (χ2n) is 4.23. The highest BCUT2D eigenvalue weighted by molar-refractivity contribution is 5.46. The molecule has 0 aliphatic carbocycles. The molecule has 1 aromatic heterocycles. The lowest BCUT2D eigenvalue weighted by Gasteiger charge is -2.39. The van der Waals surface area contributed by atoms with Gasteiger partial charge in [0.25, 0.3) is 0 Å². The molecule has 0 amide bonds. The minimum atomic E-state index is 0.498. The van der Waals surface area contributed by atoms with Crippen molar-refractivity contribution in [3.8, 4) is 0 Å². The standard InChI is InChI=1S/C11H18N4/c1-9-8-14(2)6-7-15(9)11-5-3-4-10(12)13-11/h3-5,9H,6-8H2,1-2H3,(H2,12,13). The number of pyridine rings is 1. The molecule has 82 valence electrons. The molecule has 0 radical (unpaired) electrons. The summed E-state index contributed by atoms with van der Waals surface area (Å²) in [5.41, 5.74) is 5.69. The smallest absolute Gasteiger partial charge is 0.131 e. The highest BCUT2D eigenvalue weighted by Gasteiger charge is 2.22. The molecule has 1 saturated heterocycles. The molecule has 1 atom stereocenters. The highest BCUT2D eigenvalue weighted by atomic mass is 15.3. The zero-order valence-electron chi connectivity index (χ0n) is 9.35. The van der Waals surface area contributed by atoms with Gasteiger partial charge in [0.05, 0.1) is 0 Å². The summed E-state index contributed by atoms with van der Waals surface area (Å²) in [6, 6.07) is 6.31. The van der Waals surface area contributed by atoms with Gasteiger partial charge in [-0.25, -0.2) is 4.98 Å². The largest absolute Gasteiger partial charge is 0.384 e. The zero-order valence-corrected chi connectivity index (χ0v) is 9.35. The van der Waals surface area contributed by atoms with Crippen molar-refractivity contribution in [2.24, 2.45) is 0 Å². The minimum absolute atomic E-state index is 0.498. The number of likely N-dealkylation sites (N-methyl/N-ethyl adjacent to an activating group) is 1. The summed E-state index contributed by atoms with van der Waals surface area (Å²) in [6.07, 6.45) is 0. The van der Waals surface area contributed by atoms with Crippen LogP contribution in [0.25, 0.3) is 0 Å². The van der Waals surface area contributed by atoms with Gasteiger partial charge >= 0.3 is 0 Å². The third-order valence-electron chi connectivity index (χ3n) is 2.88. The highest BCUT2D eigenvalue weighted by Crippen LogP contribution is 2.18. The molecule has 1 fully saturated rings. The molecule has 4 nitrogen and oxygen atoms in total. The Morgan fingerprint density at radius 2 is 2.20 bits per heavy atom. The molecule has 15 heavy (non-hydrogen) atoms. The average Bonchev–Trinajstić information content (AvgIpc) is 2.17. The Kier molecular flexibility index (Phi) is 2.77. The maximum absolute atomic E-state index is 5.69. The van der Waals surface area contributed by atoms with Crippen LogP contribution in [0.3, 0.4) is 0 Å². The average molecular weight is 206 g/mol. The molecular weight excluding hydrogens is 188 g/mol. The van der Waals surface area contributed by atoms with Gasteiger partial charge in [-0.15, -0.1) is 0 Å². The summed E-state index contributed by atoms with van der Waals surface area (Å²) < 4.78 is 0. The van der Waals surface area contributed by atoms with Crippen molar-refractivity contribution in [1.29, 1.82) is 0 Å². The van der Waals surface area contributed by atoms with E-state index in [0.717, 1.165) is 25.5 Å². The molecule has 0 spiro atoms. The molecule has 0 saturated carbocycles. The van der Waals surface area contributed by atoms with Crippen LogP contribution in [0.5, 0.6) is 0 Å². The van der Waals surface area contributed by atoms with E-state index in [-0.39, 0.29) is 0 Å². The predicted molar refractivity (Wildman–Crippen MR) is 63.0 cm³/mol. The van der Waals surface area contributed by atoms with E-state index in [1.165, 1.54) is 0 Å². The predicted octanol–water partition coefficient (Wildman–Crippen LogP) is 0.804. The number of nitrogens with zero attached hydrogens (tertiary/aromatic N) is 3. The van der Waals surface area contributed by atoms with Crippen LogP contribution in [-0.2, 0) is 0 Å². The van der Waals surface area contributed by atoms with Gasteiger partial charge in [-0.05, 0) is 26.1 Å². The van der Waals surface area contributed by atoms with E-state index >= 15 is 0 Å². The number of aromatic nitrogens is 1. The molecule has 0 bridgehead atoms. The van der Waals surface area contributed by atoms with Crippen LogP contribution in [0.1, 0.15) is 6.92 Å². The summed E-state index contributed by atoms with van der Waals surface area (Å²) in [4.78, 5) is 9.01. The maximum atomic E-state index is 5.69. The van der Waals surface area contributed by atoms with Crippen molar-refractivity contribution in [2.75, 3.05) is 37.3 Å². The van der Waals surface area contributed by atoms with Crippen LogP contribution in [0.15, 0.2) is 18.2 Å². The van der Waals surface area contributed by atoms with Crippen LogP contribution in [0.2, 0.25) is 0 Å². The van der Waals surface area contributed by atoms with E-state index < -0.39 is 0 Å². The number of piperazine rings is 1. The van der Waals surface area contributed by atoms with Crippen LogP contribution in [0, 0.1) is 0 Å². The van der Waals surface area contributed by atoms with E-state index in [2.05, 4.69) is 28.8 Å². The number of rotatable bonds is 1. The van der Waals surface area contributed by atoms with E-state index in [0.29, 0.717) is 11.9 Å². The van der Waals surface area contributed by atoms with Crippen molar-refractivity contribution in [2.45, 2.75) is 13.0 Å². The molecule has 4 heteroatoms. The van der Waals surface area contributed by atoms with Gasteiger partial charge in [0.1, 0.15) is 11.6 Å². The first-order valence-electron chi connectivity index (χ1n) is 5.34. The quantitative estimate of drug-likeness (QED) is 0.738. The molecule has 2 rings (SSSR count). The third kappa shape index (κ3) is 2.21.